The zero-order valence-electron chi connectivity index (χ0n) is 12.6. The first-order valence-electron chi connectivity index (χ1n) is 6.99. The molecule has 4 nitrogen and oxygen atoms in total. The zero-order valence-corrected chi connectivity index (χ0v) is 12.6. The van der Waals surface area contributed by atoms with Gasteiger partial charge in [0, 0.05) is 6.54 Å². The lowest BCUT2D eigenvalue weighted by atomic mass is 10.1. The van der Waals surface area contributed by atoms with Gasteiger partial charge in [0.25, 0.3) is 0 Å². The van der Waals surface area contributed by atoms with E-state index >= 15 is 0 Å². The van der Waals surface area contributed by atoms with E-state index in [0.717, 1.165) is 31.0 Å². The molecule has 0 heterocycles. The topological polar surface area (TPSA) is 56.5 Å². The van der Waals surface area contributed by atoms with E-state index in [0.29, 0.717) is 5.69 Å². The summed E-state index contributed by atoms with van der Waals surface area (Å²) < 4.78 is 10.3. The quantitative estimate of drug-likeness (QED) is 0.607. The van der Waals surface area contributed by atoms with Crippen molar-refractivity contribution in [2.45, 2.75) is 13.0 Å². The summed E-state index contributed by atoms with van der Waals surface area (Å²) >= 11 is 0. The first kappa shape index (κ1) is 15.2. The van der Waals surface area contributed by atoms with Crippen molar-refractivity contribution in [3.8, 4) is 11.5 Å². The average Bonchev–Trinajstić information content (AvgIpc) is 2.52. The van der Waals surface area contributed by atoms with E-state index in [1.54, 1.807) is 14.2 Å². The van der Waals surface area contributed by atoms with Crippen molar-refractivity contribution in [2.24, 2.45) is 0 Å². The molecular formula is C17H22N2O2. The Hall–Kier alpha value is -2.20. The summed E-state index contributed by atoms with van der Waals surface area (Å²) in [6.07, 6.45) is 0.935. The van der Waals surface area contributed by atoms with Gasteiger partial charge < -0.3 is 20.5 Å². The van der Waals surface area contributed by atoms with Crippen molar-refractivity contribution in [3.05, 3.63) is 53.6 Å². The standard InChI is InChI=1S/C17H22N2O2/c1-20-15-6-3-14(4-7-15)12-19-10-9-13-5-8-17(21-2)16(18)11-13/h3-8,11,19H,9-10,12,18H2,1-2H3. The maximum absolute atomic E-state index is 5.90. The molecule has 2 aromatic rings. The van der Waals surface area contributed by atoms with Gasteiger partial charge in [-0.15, -0.1) is 0 Å². The number of nitrogen functional groups attached to an aromatic ring is 1. The molecule has 0 amide bonds. The number of methoxy groups -OCH3 is 2. The maximum atomic E-state index is 5.90. The smallest absolute Gasteiger partial charge is 0.141 e. The van der Waals surface area contributed by atoms with Crippen LogP contribution in [0.3, 0.4) is 0 Å². The molecule has 0 aliphatic carbocycles. The monoisotopic (exact) mass is 286 g/mol. The second-order valence-corrected chi connectivity index (χ2v) is 4.85. The molecule has 3 N–H and O–H groups in total. The molecule has 0 bridgehead atoms. The first-order valence-corrected chi connectivity index (χ1v) is 6.99. The van der Waals surface area contributed by atoms with Gasteiger partial charge in [-0.2, -0.15) is 0 Å². The summed E-state index contributed by atoms with van der Waals surface area (Å²) in [5.41, 5.74) is 9.03. The molecule has 2 rings (SSSR count). The lowest BCUT2D eigenvalue weighted by Crippen LogP contribution is -2.16. The highest BCUT2D eigenvalue weighted by Gasteiger charge is 2.01. The summed E-state index contributed by atoms with van der Waals surface area (Å²) in [6.45, 7) is 1.74. The molecule has 0 saturated heterocycles. The van der Waals surface area contributed by atoms with Crippen LogP contribution in [-0.4, -0.2) is 20.8 Å². The molecule has 4 heteroatoms. The molecule has 0 unspecified atom stereocenters. The van der Waals surface area contributed by atoms with Crippen LogP contribution in [0.4, 0.5) is 5.69 Å². The van der Waals surface area contributed by atoms with Crippen LogP contribution in [0.15, 0.2) is 42.5 Å². The maximum Gasteiger partial charge on any atom is 0.141 e. The number of nitrogens with one attached hydrogen (secondary N) is 1. The van der Waals surface area contributed by atoms with Crippen molar-refractivity contribution in [1.82, 2.24) is 5.32 Å². The molecule has 0 atom stereocenters. The summed E-state index contributed by atoms with van der Waals surface area (Å²) in [5.74, 6) is 1.61. The SMILES string of the molecule is COc1ccc(CNCCc2ccc(OC)c(N)c2)cc1. The van der Waals surface area contributed by atoms with Gasteiger partial charge in [0.15, 0.2) is 0 Å². The fraction of sp³-hybridized carbons (Fsp3) is 0.294. The van der Waals surface area contributed by atoms with Gasteiger partial charge >= 0.3 is 0 Å². The molecule has 0 saturated carbocycles. The predicted molar refractivity (Wildman–Crippen MR) is 85.8 cm³/mol. The number of ether oxygens (including phenoxy) is 2. The zero-order chi connectivity index (χ0) is 15.1. The Morgan fingerprint density at radius 3 is 2.29 bits per heavy atom. The Balaban J connectivity index is 1.77. The highest BCUT2D eigenvalue weighted by molar-refractivity contribution is 5.54. The third kappa shape index (κ3) is 4.39. The molecule has 0 fully saturated rings. The molecule has 0 spiro atoms. The molecule has 2 aromatic carbocycles. The van der Waals surface area contributed by atoms with Crippen molar-refractivity contribution >= 4 is 5.69 Å². The summed E-state index contributed by atoms with van der Waals surface area (Å²) in [5, 5.41) is 3.42. The Kier molecular flexibility index (Phi) is 5.46. The van der Waals surface area contributed by atoms with Gasteiger partial charge in [-0.25, -0.2) is 0 Å². The number of benzene rings is 2. The van der Waals surface area contributed by atoms with E-state index in [1.165, 1.54) is 11.1 Å². The number of hydrogen-bond acceptors (Lipinski definition) is 4. The van der Waals surface area contributed by atoms with Gasteiger partial charge in [0.1, 0.15) is 11.5 Å². The third-order valence-corrected chi connectivity index (χ3v) is 3.37. The Morgan fingerprint density at radius 2 is 1.67 bits per heavy atom. The Morgan fingerprint density at radius 1 is 0.952 bits per heavy atom. The van der Waals surface area contributed by atoms with Crippen LogP contribution in [0.5, 0.6) is 11.5 Å². The van der Waals surface area contributed by atoms with Gasteiger partial charge in [0.2, 0.25) is 0 Å². The minimum Gasteiger partial charge on any atom is -0.497 e. The second-order valence-electron chi connectivity index (χ2n) is 4.85. The van der Waals surface area contributed by atoms with Gasteiger partial charge in [-0.05, 0) is 48.4 Å². The minimum absolute atomic E-state index is 0.685. The van der Waals surface area contributed by atoms with Crippen LogP contribution in [-0.2, 0) is 13.0 Å². The van der Waals surface area contributed by atoms with Crippen molar-refractivity contribution < 1.29 is 9.47 Å². The van der Waals surface area contributed by atoms with E-state index in [-0.39, 0.29) is 0 Å². The second kappa shape index (κ2) is 7.55. The normalized spacial score (nSPS) is 10.4. The van der Waals surface area contributed by atoms with E-state index in [4.69, 9.17) is 15.2 Å². The molecule has 0 aliphatic rings. The van der Waals surface area contributed by atoms with Crippen LogP contribution >= 0.6 is 0 Å². The van der Waals surface area contributed by atoms with Gasteiger partial charge in [-0.1, -0.05) is 18.2 Å². The van der Waals surface area contributed by atoms with E-state index < -0.39 is 0 Å². The van der Waals surface area contributed by atoms with Crippen molar-refractivity contribution in [2.75, 3.05) is 26.5 Å². The molecular weight excluding hydrogens is 264 g/mol. The minimum atomic E-state index is 0.685. The largest absolute Gasteiger partial charge is 0.497 e. The average molecular weight is 286 g/mol. The molecule has 112 valence electrons. The van der Waals surface area contributed by atoms with Crippen LogP contribution in [0.25, 0.3) is 0 Å². The molecule has 0 aliphatic heterocycles. The number of rotatable bonds is 7. The first-order chi connectivity index (χ1) is 10.2. The van der Waals surface area contributed by atoms with Crippen LogP contribution < -0.4 is 20.5 Å². The lowest BCUT2D eigenvalue weighted by molar-refractivity contribution is 0.414. The van der Waals surface area contributed by atoms with Crippen molar-refractivity contribution in [3.63, 3.8) is 0 Å². The number of anilines is 1. The lowest BCUT2D eigenvalue weighted by Gasteiger charge is -2.08. The Bertz CT molecular complexity index is 568. The molecule has 21 heavy (non-hydrogen) atoms. The number of hydrogen-bond donors (Lipinski definition) is 2. The third-order valence-electron chi connectivity index (χ3n) is 3.37. The summed E-state index contributed by atoms with van der Waals surface area (Å²) in [6, 6.07) is 14.0. The number of nitrogens with two attached hydrogens (primary N) is 1. The van der Waals surface area contributed by atoms with E-state index in [9.17, 15) is 0 Å². The predicted octanol–water partition coefficient (Wildman–Crippen LogP) is 2.62. The van der Waals surface area contributed by atoms with Crippen LogP contribution in [0.2, 0.25) is 0 Å². The van der Waals surface area contributed by atoms with E-state index in [1.807, 2.05) is 30.3 Å². The van der Waals surface area contributed by atoms with Crippen LogP contribution in [0.1, 0.15) is 11.1 Å². The molecule has 0 radical (unpaired) electrons. The summed E-state index contributed by atoms with van der Waals surface area (Å²) in [7, 11) is 3.30. The Labute approximate surface area is 125 Å². The van der Waals surface area contributed by atoms with Gasteiger partial charge in [0.05, 0.1) is 19.9 Å². The van der Waals surface area contributed by atoms with Crippen LogP contribution in [0, 0.1) is 0 Å². The highest BCUT2D eigenvalue weighted by Crippen LogP contribution is 2.21. The van der Waals surface area contributed by atoms with Crippen molar-refractivity contribution in [1.29, 1.82) is 0 Å². The van der Waals surface area contributed by atoms with E-state index in [2.05, 4.69) is 17.4 Å². The fourth-order valence-electron chi connectivity index (χ4n) is 2.15. The van der Waals surface area contributed by atoms with Gasteiger partial charge in [-0.3, -0.25) is 0 Å². The highest BCUT2D eigenvalue weighted by atomic mass is 16.5. The fourth-order valence-corrected chi connectivity index (χ4v) is 2.15. The molecule has 0 aromatic heterocycles. The summed E-state index contributed by atoms with van der Waals surface area (Å²) in [4.78, 5) is 0.